The highest BCUT2D eigenvalue weighted by Crippen LogP contribution is 2.15. The van der Waals surface area contributed by atoms with Crippen molar-refractivity contribution in [2.75, 3.05) is 4.72 Å². The van der Waals surface area contributed by atoms with Gasteiger partial charge in [0, 0.05) is 18.1 Å². The van der Waals surface area contributed by atoms with E-state index in [0.29, 0.717) is 12.2 Å². The lowest BCUT2D eigenvalue weighted by Crippen LogP contribution is -2.22. The van der Waals surface area contributed by atoms with Crippen molar-refractivity contribution < 1.29 is 8.42 Å². The third kappa shape index (κ3) is 3.57. The summed E-state index contributed by atoms with van der Waals surface area (Å²) in [5, 5.41) is 3.67. The van der Waals surface area contributed by atoms with Gasteiger partial charge in [0.05, 0.1) is 11.8 Å². The van der Waals surface area contributed by atoms with E-state index in [0.717, 1.165) is 5.56 Å². The van der Waals surface area contributed by atoms with Gasteiger partial charge >= 0.3 is 0 Å². The topological polar surface area (TPSA) is 64.0 Å². The fourth-order valence-electron chi connectivity index (χ4n) is 1.60. The molecule has 2 aromatic rings. The van der Waals surface area contributed by atoms with Crippen LogP contribution in [0.1, 0.15) is 19.4 Å². The van der Waals surface area contributed by atoms with Gasteiger partial charge in [-0.2, -0.15) is 5.10 Å². The van der Waals surface area contributed by atoms with Crippen molar-refractivity contribution in [2.45, 2.75) is 25.6 Å². The standard InChI is InChI=1S/C13H17N3O2S/c1-11(2)19(17,18)15-13-6-3-5-12(9-13)10-16-8-4-7-14-16/h3-9,11,15H,10H2,1-2H3. The van der Waals surface area contributed by atoms with Gasteiger partial charge in [-0.1, -0.05) is 12.1 Å². The van der Waals surface area contributed by atoms with Crippen LogP contribution in [0.4, 0.5) is 5.69 Å². The van der Waals surface area contributed by atoms with Crippen LogP contribution in [-0.2, 0) is 16.6 Å². The van der Waals surface area contributed by atoms with Crippen molar-refractivity contribution in [3.05, 3.63) is 48.3 Å². The molecule has 0 unspecified atom stereocenters. The number of hydrogen-bond donors (Lipinski definition) is 1. The molecule has 0 aliphatic rings. The van der Waals surface area contributed by atoms with Gasteiger partial charge in [0.2, 0.25) is 10.0 Å². The van der Waals surface area contributed by atoms with Gasteiger partial charge in [-0.05, 0) is 37.6 Å². The zero-order valence-electron chi connectivity index (χ0n) is 10.9. The molecule has 0 aliphatic carbocycles. The summed E-state index contributed by atoms with van der Waals surface area (Å²) < 4.78 is 28.0. The Labute approximate surface area is 113 Å². The van der Waals surface area contributed by atoms with E-state index in [2.05, 4.69) is 9.82 Å². The smallest absolute Gasteiger partial charge is 0.235 e. The first-order valence-corrected chi connectivity index (χ1v) is 7.60. The summed E-state index contributed by atoms with van der Waals surface area (Å²) in [5.74, 6) is 0. The number of nitrogens with one attached hydrogen (secondary N) is 1. The molecule has 1 N–H and O–H groups in total. The summed E-state index contributed by atoms with van der Waals surface area (Å²) in [6, 6.07) is 9.19. The molecule has 2 rings (SSSR count). The lowest BCUT2D eigenvalue weighted by atomic mass is 10.2. The molecular formula is C13H17N3O2S. The molecule has 5 nitrogen and oxygen atoms in total. The zero-order chi connectivity index (χ0) is 13.9. The maximum Gasteiger partial charge on any atom is 0.235 e. The molecule has 0 aliphatic heterocycles. The molecular weight excluding hydrogens is 262 g/mol. The molecule has 0 bridgehead atoms. The van der Waals surface area contributed by atoms with Crippen LogP contribution >= 0.6 is 0 Å². The van der Waals surface area contributed by atoms with Crippen LogP contribution in [-0.4, -0.2) is 23.4 Å². The van der Waals surface area contributed by atoms with Crippen LogP contribution in [0.3, 0.4) is 0 Å². The first-order valence-electron chi connectivity index (χ1n) is 6.05. The van der Waals surface area contributed by atoms with Gasteiger partial charge < -0.3 is 0 Å². The Hall–Kier alpha value is -1.82. The number of sulfonamides is 1. The van der Waals surface area contributed by atoms with Crippen molar-refractivity contribution in [3.8, 4) is 0 Å². The lowest BCUT2D eigenvalue weighted by molar-refractivity contribution is 0.593. The van der Waals surface area contributed by atoms with E-state index in [9.17, 15) is 8.42 Å². The second kappa shape index (κ2) is 5.44. The molecule has 0 radical (unpaired) electrons. The molecule has 1 aromatic heterocycles. The van der Waals surface area contributed by atoms with Crippen LogP contribution in [0.5, 0.6) is 0 Å². The second-order valence-electron chi connectivity index (χ2n) is 4.60. The third-order valence-electron chi connectivity index (χ3n) is 2.71. The molecule has 102 valence electrons. The van der Waals surface area contributed by atoms with Gasteiger partial charge in [0.25, 0.3) is 0 Å². The van der Waals surface area contributed by atoms with Gasteiger partial charge in [-0.25, -0.2) is 8.42 Å². The minimum Gasteiger partial charge on any atom is -0.283 e. The van der Waals surface area contributed by atoms with Crippen LogP contribution in [0.2, 0.25) is 0 Å². The third-order valence-corrected chi connectivity index (χ3v) is 4.47. The van der Waals surface area contributed by atoms with E-state index < -0.39 is 15.3 Å². The summed E-state index contributed by atoms with van der Waals surface area (Å²) in [6.45, 7) is 3.91. The SMILES string of the molecule is CC(C)S(=O)(=O)Nc1cccc(Cn2cccn2)c1. The van der Waals surface area contributed by atoms with Crippen molar-refractivity contribution in [2.24, 2.45) is 0 Å². The number of aromatic nitrogens is 2. The van der Waals surface area contributed by atoms with Crippen molar-refractivity contribution >= 4 is 15.7 Å². The summed E-state index contributed by atoms with van der Waals surface area (Å²) in [5.41, 5.74) is 1.58. The Morgan fingerprint density at radius 3 is 2.74 bits per heavy atom. The molecule has 0 spiro atoms. The lowest BCUT2D eigenvalue weighted by Gasteiger charge is -2.11. The number of anilines is 1. The van der Waals surface area contributed by atoms with Crippen LogP contribution in [0, 0.1) is 0 Å². The first-order chi connectivity index (χ1) is 8.97. The Bertz CT molecular complexity index is 634. The summed E-state index contributed by atoms with van der Waals surface area (Å²) in [6.07, 6.45) is 3.58. The summed E-state index contributed by atoms with van der Waals surface area (Å²) >= 11 is 0. The van der Waals surface area contributed by atoms with Crippen molar-refractivity contribution in [1.82, 2.24) is 9.78 Å². The molecule has 19 heavy (non-hydrogen) atoms. The van der Waals surface area contributed by atoms with E-state index in [1.807, 2.05) is 30.5 Å². The number of rotatable bonds is 5. The quantitative estimate of drug-likeness (QED) is 0.911. The van der Waals surface area contributed by atoms with Crippen molar-refractivity contribution in [3.63, 3.8) is 0 Å². The Morgan fingerprint density at radius 2 is 2.11 bits per heavy atom. The molecule has 0 amide bonds. The van der Waals surface area contributed by atoms with E-state index in [1.54, 1.807) is 30.8 Å². The molecule has 0 fully saturated rings. The monoisotopic (exact) mass is 279 g/mol. The average Bonchev–Trinajstić information content (AvgIpc) is 2.81. The van der Waals surface area contributed by atoms with Gasteiger partial charge in [-0.15, -0.1) is 0 Å². The van der Waals surface area contributed by atoms with E-state index in [1.165, 1.54) is 0 Å². The maximum atomic E-state index is 11.8. The van der Waals surface area contributed by atoms with Crippen LogP contribution < -0.4 is 4.72 Å². The molecule has 0 atom stereocenters. The minimum absolute atomic E-state index is 0.456. The highest BCUT2D eigenvalue weighted by Gasteiger charge is 2.15. The second-order valence-corrected chi connectivity index (χ2v) is 6.84. The van der Waals surface area contributed by atoms with Crippen LogP contribution in [0.15, 0.2) is 42.7 Å². The van der Waals surface area contributed by atoms with Gasteiger partial charge in [0.15, 0.2) is 0 Å². The Morgan fingerprint density at radius 1 is 1.32 bits per heavy atom. The minimum atomic E-state index is -3.30. The highest BCUT2D eigenvalue weighted by molar-refractivity contribution is 7.93. The van der Waals surface area contributed by atoms with E-state index in [4.69, 9.17) is 0 Å². The molecule has 6 heteroatoms. The number of benzene rings is 1. The predicted octanol–water partition coefficient (Wildman–Crippen LogP) is 2.08. The predicted molar refractivity (Wildman–Crippen MR) is 75.4 cm³/mol. The normalized spacial score (nSPS) is 11.7. The Balaban J connectivity index is 2.16. The zero-order valence-corrected chi connectivity index (χ0v) is 11.8. The molecule has 1 aromatic carbocycles. The summed E-state index contributed by atoms with van der Waals surface area (Å²) in [7, 11) is -3.30. The first kappa shape index (κ1) is 13.6. The van der Waals surface area contributed by atoms with Gasteiger partial charge in [-0.3, -0.25) is 9.40 Å². The highest BCUT2D eigenvalue weighted by atomic mass is 32.2. The number of hydrogen-bond acceptors (Lipinski definition) is 3. The molecule has 0 saturated heterocycles. The molecule has 1 heterocycles. The fraction of sp³-hybridized carbons (Fsp3) is 0.308. The largest absolute Gasteiger partial charge is 0.283 e. The van der Waals surface area contributed by atoms with E-state index >= 15 is 0 Å². The fourth-order valence-corrected chi connectivity index (χ4v) is 2.29. The number of nitrogens with zero attached hydrogens (tertiary/aromatic N) is 2. The maximum absolute atomic E-state index is 11.8. The van der Waals surface area contributed by atoms with Crippen LogP contribution in [0.25, 0.3) is 0 Å². The Kier molecular flexibility index (Phi) is 3.90. The summed E-state index contributed by atoms with van der Waals surface area (Å²) in [4.78, 5) is 0. The average molecular weight is 279 g/mol. The van der Waals surface area contributed by atoms with Crippen molar-refractivity contribution in [1.29, 1.82) is 0 Å². The van der Waals surface area contributed by atoms with Gasteiger partial charge in [0.1, 0.15) is 0 Å². The van der Waals surface area contributed by atoms with E-state index in [-0.39, 0.29) is 0 Å². The molecule has 0 saturated carbocycles.